The third kappa shape index (κ3) is 4.01. The fourth-order valence-corrected chi connectivity index (χ4v) is 3.19. The molecule has 26 heavy (non-hydrogen) atoms. The lowest BCUT2D eigenvalue weighted by Crippen LogP contribution is -2.17. The molecule has 2 aromatic rings. The largest absolute Gasteiger partial charge is 0.376 e. The molecular formula is C20H22N4O2. The molecule has 1 unspecified atom stereocenters. The summed E-state index contributed by atoms with van der Waals surface area (Å²) in [7, 11) is 0. The molecule has 1 amide bonds. The standard InChI is InChI=1S/C20H22N4O2/c1-14-9-16(15(2)24(14)13-19-6-4-8-26-19)10-17(11-21)20(25)23-18-5-3-7-22-12-18/h3,5,7,9-10,12,19H,4,6,8,13H2,1-2H3,(H,23,25)/b17-10+. The first-order valence-electron chi connectivity index (χ1n) is 8.70. The first-order valence-corrected chi connectivity index (χ1v) is 8.70. The van der Waals surface area contributed by atoms with E-state index in [4.69, 9.17) is 4.74 Å². The molecule has 1 aliphatic rings. The monoisotopic (exact) mass is 350 g/mol. The number of carbonyl (C=O) groups is 1. The van der Waals surface area contributed by atoms with Gasteiger partial charge in [0.05, 0.1) is 18.0 Å². The van der Waals surface area contributed by atoms with Gasteiger partial charge in [0.2, 0.25) is 0 Å². The Kier molecular flexibility index (Phi) is 5.49. The van der Waals surface area contributed by atoms with E-state index in [-0.39, 0.29) is 11.7 Å². The summed E-state index contributed by atoms with van der Waals surface area (Å²) in [5.41, 5.74) is 3.61. The Hall–Kier alpha value is -2.91. The summed E-state index contributed by atoms with van der Waals surface area (Å²) < 4.78 is 7.91. The summed E-state index contributed by atoms with van der Waals surface area (Å²) in [6, 6.07) is 7.45. The quantitative estimate of drug-likeness (QED) is 0.663. The van der Waals surface area contributed by atoms with Crippen molar-refractivity contribution in [1.29, 1.82) is 5.26 Å². The van der Waals surface area contributed by atoms with E-state index in [2.05, 4.69) is 14.9 Å². The van der Waals surface area contributed by atoms with Gasteiger partial charge >= 0.3 is 0 Å². The molecule has 0 saturated carbocycles. The summed E-state index contributed by atoms with van der Waals surface area (Å²) in [5.74, 6) is -0.440. The van der Waals surface area contributed by atoms with E-state index >= 15 is 0 Å². The average molecular weight is 350 g/mol. The van der Waals surface area contributed by atoms with Crippen LogP contribution in [0.3, 0.4) is 0 Å². The SMILES string of the molecule is Cc1cc(/C=C(\C#N)C(=O)Nc2cccnc2)c(C)n1CC1CCCO1. The van der Waals surface area contributed by atoms with Crippen LogP contribution in [0.25, 0.3) is 6.08 Å². The molecular weight excluding hydrogens is 328 g/mol. The lowest BCUT2D eigenvalue weighted by atomic mass is 10.1. The smallest absolute Gasteiger partial charge is 0.266 e. The zero-order chi connectivity index (χ0) is 18.5. The minimum atomic E-state index is -0.440. The molecule has 0 aromatic carbocycles. The molecule has 1 saturated heterocycles. The molecule has 6 nitrogen and oxygen atoms in total. The van der Waals surface area contributed by atoms with Crippen LogP contribution >= 0.6 is 0 Å². The first kappa shape index (κ1) is 17.9. The number of anilines is 1. The molecule has 0 spiro atoms. The summed E-state index contributed by atoms with van der Waals surface area (Å²) in [6.45, 7) is 5.65. The van der Waals surface area contributed by atoms with Gasteiger partial charge < -0.3 is 14.6 Å². The van der Waals surface area contributed by atoms with E-state index in [1.54, 1.807) is 30.6 Å². The zero-order valence-electron chi connectivity index (χ0n) is 15.0. The average Bonchev–Trinajstić information content (AvgIpc) is 3.24. The van der Waals surface area contributed by atoms with Crippen LogP contribution < -0.4 is 5.32 Å². The first-order chi connectivity index (χ1) is 12.6. The minimum Gasteiger partial charge on any atom is -0.376 e. The van der Waals surface area contributed by atoms with Gasteiger partial charge in [0, 0.05) is 30.7 Å². The summed E-state index contributed by atoms with van der Waals surface area (Å²) >= 11 is 0. The highest BCUT2D eigenvalue weighted by Crippen LogP contribution is 2.22. The van der Waals surface area contributed by atoms with Crippen molar-refractivity contribution in [2.24, 2.45) is 0 Å². The van der Waals surface area contributed by atoms with E-state index in [0.29, 0.717) is 5.69 Å². The molecule has 1 aliphatic heterocycles. The van der Waals surface area contributed by atoms with Gasteiger partial charge in [-0.2, -0.15) is 5.26 Å². The number of pyridine rings is 1. The molecule has 134 valence electrons. The number of ether oxygens (including phenoxy) is 1. The molecule has 1 N–H and O–H groups in total. The fraction of sp³-hybridized carbons (Fsp3) is 0.350. The van der Waals surface area contributed by atoms with Gasteiger partial charge in [0.15, 0.2) is 0 Å². The van der Waals surface area contributed by atoms with E-state index in [0.717, 1.165) is 42.9 Å². The van der Waals surface area contributed by atoms with Crippen molar-refractivity contribution in [2.45, 2.75) is 39.3 Å². The highest BCUT2D eigenvalue weighted by atomic mass is 16.5. The molecule has 6 heteroatoms. The molecule has 3 heterocycles. The Morgan fingerprint density at radius 2 is 2.38 bits per heavy atom. The molecule has 0 aliphatic carbocycles. The number of amides is 1. The Morgan fingerprint density at radius 3 is 3.04 bits per heavy atom. The number of aromatic nitrogens is 2. The van der Waals surface area contributed by atoms with Gasteiger partial charge in [-0.05, 0) is 56.5 Å². The van der Waals surface area contributed by atoms with Crippen LogP contribution in [0.1, 0.15) is 29.8 Å². The minimum absolute atomic E-state index is 0.0613. The van der Waals surface area contributed by atoms with Gasteiger partial charge in [0.25, 0.3) is 5.91 Å². The molecule has 0 bridgehead atoms. The second-order valence-electron chi connectivity index (χ2n) is 6.44. The van der Waals surface area contributed by atoms with Crippen molar-refractivity contribution >= 4 is 17.7 Å². The second-order valence-corrected chi connectivity index (χ2v) is 6.44. The summed E-state index contributed by atoms with van der Waals surface area (Å²) in [4.78, 5) is 16.3. The predicted molar refractivity (Wildman–Crippen MR) is 99.3 cm³/mol. The summed E-state index contributed by atoms with van der Waals surface area (Å²) in [5, 5.41) is 12.1. The van der Waals surface area contributed by atoms with E-state index in [9.17, 15) is 10.1 Å². The van der Waals surface area contributed by atoms with Gasteiger partial charge in [0.1, 0.15) is 11.6 Å². The van der Waals surface area contributed by atoms with Crippen LogP contribution in [0, 0.1) is 25.2 Å². The lowest BCUT2D eigenvalue weighted by Gasteiger charge is -2.14. The molecule has 2 aromatic heterocycles. The van der Waals surface area contributed by atoms with Gasteiger partial charge in [-0.3, -0.25) is 9.78 Å². The maximum atomic E-state index is 12.4. The number of nitriles is 1. The van der Waals surface area contributed by atoms with Crippen LogP contribution in [-0.4, -0.2) is 28.2 Å². The van der Waals surface area contributed by atoms with Gasteiger partial charge in [-0.15, -0.1) is 0 Å². The van der Waals surface area contributed by atoms with Crippen LogP contribution in [0.4, 0.5) is 5.69 Å². The Labute approximate surface area is 153 Å². The normalized spacial score (nSPS) is 17.1. The Bertz CT molecular complexity index is 856. The van der Waals surface area contributed by atoms with Crippen molar-refractivity contribution < 1.29 is 9.53 Å². The lowest BCUT2D eigenvalue weighted by molar-refractivity contribution is -0.112. The van der Waals surface area contributed by atoms with Crippen molar-refractivity contribution in [2.75, 3.05) is 11.9 Å². The van der Waals surface area contributed by atoms with Crippen LogP contribution in [0.2, 0.25) is 0 Å². The molecule has 1 fully saturated rings. The number of aryl methyl sites for hydroxylation is 1. The van der Waals surface area contributed by atoms with Crippen molar-refractivity contribution in [1.82, 2.24) is 9.55 Å². The maximum absolute atomic E-state index is 12.4. The van der Waals surface area contributed by atoms with E-state index < -0.39 is 5.91 Å². The van der Waals surface area contributed by atoms with Crippen LogP contribution in [0.5, 0.6) is 0 Å². The third-order valence-electron chi connectivity index (χ3n) is 4.61. The van der Waals surface area contributed by atoms with Crippen molar-refractivity contribution in [3.8, 4) is 6.07 Å². The molecule has 1 atom stereocenters. The Morgan fingerprint density at radius 1 is 1.54 bits per heavy atom. The van der Waals surface area contributed by atoms with Crippen molar-refractivity contribution in [3.05, 3.63) is 53.1 Å². The summed E-state index contributed by atoms with van der Waals surface area (Å²) in [6.07, 6.45) is 7.21. The number of nitrogens with one attached hydrogen (secondary N) is 1. The van der Waals surface area contributed by atoms with Crippen LogP contribution in [-0.2, 0) is 16.1 Å². The predicted octanol–water partition coefficient (Wildman–Crippen LogP) is 3.22. The topological polar surface area (TPSA) is 79.9 Å². The second kappa shape index (κ2) is 7.98. The van der Waals surface area contributed by atoms with E-state index in [1.807, 2.05) is 26.0 Å². The highest BCUT2D eigenvalue weighted by Gasteiger charge is 2.19. The van der Waals surface area contributed by atoms with Crippen molar-refractivity contribution in [3.63, 3.8) is 0 Å². The van der Waals surface area contributed by atoms with Gasteiger partial charge in [-0.1, -0.05) is 0 Å². The number of nitrogens with zero attached hydrogens (tertiary/aromatic N) is 3. The Balaban J connectivity index is 1.80. The van der Waals surface area contributed by atoms with Crippen LogP contribution in [0.15, 0.2) is 36.2 Å². The number of hydrogen-bond donors (Lipinski definition) is 1. The molecule has 3 rings (SSSR count). The number of hydrogen-bond acceptors (Lipinski definition) is 4. The number of rotatable bonds is 5. The third-order valence-corrected chi connectivity index (χ3v) is 4.61. The van der Waals surface area contributed by atoms with E-state index in [1.165, 1.54) is 0 Å². The zero-order valence-corrected chi connectivity index (χ0v) is 15.0. The molecule has 0 radical (unpaired) electrons. The number of carbonyl (C=O) groups excluding carboxylic acids is 1. The maximum Gasteiger partial charge on any atom is 0.266 e. The fourth-order valence-electron chi connectivity index (χ4n) is 3.19. The van der Waals surface area contributed by atoms with Gasteiger partial charge in [-0.25, -0.2) is 0 Å². The highest BCUT2D eigenvalue weighted by molar-refractivity contribution is 6.09.